The van der Waals surface area contributed by atoms with Gasteiger partial charge in [0.25, 0.3) is 5.91 Å². The maximum atomic E-state index is 13.2. The van der Waals surface area contributed by atoms with Crippen molar-refractivity contribution in [2.45, 2.75) is 65.8 Å². The minimum Gasteiger partial charge on any atom is -0.343 e. The van der Waals surface area contributed by atoms with Crippen molar-refractivity contribution in [2.75, 3.05) is 25.0 Å². The fraction of sp³-hybridized carbons (Fsp3) is 0.640. The molecule has 3 amide bonds. The number of fused-ring (bicyclic) bond motifs is 2. The Kier molecular flexibility index (Phi) is 5.61. The van der Waals surface area contributed by atoms with Crippen molar-refractivity contribution < 1.29 is 14.4 Å². The van der Waals surface area contributed by atoms with Crippen molar-refractivity contribution in [3.05, 3.63) is 29.8 Å². The summed E-state index contributed by atoms with van der Waals surface area (Å²) in [5.74, 6) is 0.0789. The predicted molar refractivity (Wildman–Crippen MR) is 121 cm³/mol. The predicted octanol–water partition coefficient (Wildman–Crippen LogP) is 3.92. The molecule has 0 aromatic heterocycles. The first-order chi connectivity index (χ1) is 14.6. The van der Waals surface area contributed by atoms with Crippen molar-refractivity contribution in [3.8, 4) is 0 Å². The third kappa shape index (κ3) is 4.63. The van der Waals surface area contributed by atoms with Gasteiger partial charge in [-0.1, -0.05) is 20.8 Å². The normalized spacial score (nSPS) is 27.8. The van der Waals surface area contributed by atoms with Gasteiger partial charge >= 0.3 is 0 Å². The first kappa shape index (κ1) is 21.8. The highest BCUT2D eigenvalue weighted by Crippen LogP contribution is 2.52. The zero-order valence-corrected chi connectivity index (χ0v) is 19.2. The van der Waals surface area contributed by atoms with Crippen molar-refractivity contribution in [2.24, 2.45) is 16.7 Å². The second kappa shape index (κ2) is 7.95. The van der Waals surface area contributed by atoms with Gasteiger partial charge in [0.05, 0.1) is 0 Å². The van der Waals surface area contributed by atoms with Crippen LogP contribution in [0.4, 0.5) is 5.69 Å². The number of hydrogen-bond acceptors (Lipinski definition) is 3. The van der Waals surface area contributed by atoms with Gasteiger partial charge in [-0.2, -0.15) is 0 Å². The number of piperidine rings is 1. The summed E-state index contributed by atoms with van der Waals surface area (Å²) in [6.45, 7) is 10.6. The summed E-state index contributed by atoms with van der Waals surface area (Å²) in [5, 5.41) is 2.98. The minimum absolute atomic E-state index is 0.00854. The summed E-state index contributed by atoms with van der Waals surface area (Å²) in [5.41, 5.74) is 1.89. The van der Waals surface area contributed by atoms with Gasteiger partial charge in [-0.3, -0.25) is 14.4 Å². The number of nitrogens with zero attached hydrogens (tertiary/aromatic N) is 2. The average Bonchev–Trinajstić information content (AvgIpc) is 2.96. The molecule has 6 nitrogen and oxygen atoms in total. The van der Waals surface area contributed by atoms with Crippen molar-refractivity contribution in [1.29, 1.82) is 0 Å². The quantitative estimate of drug-likeness (QED) is 0.798. The smallest absolute Gasteiger partial charge is 0.254 e. The SMILES string of the molecule is CC(=O)N1CCC(C(=O)Nc2ccc(C(=O)N3CC4(C)CC3CC(C)(C)C4)cc2)CC1. The van der Waals surface area contributed by atoms with E-state index in [-0.39, 0.29) is 34.5 Å². The Labute approximate surface area is 185 Å². The molecule has 2 saturated heterocycles. The summed E-state index contributed by atoms with van der Waals surface area (Å²) in [6.07, 6.45) is 4.70. The molecule has 1 aliphatic carbocycles. The monoisotopic (exact) mass is 425 g/mol. The van der Waals surface area contributed by atoms with Crippen LogP contribution in [0.1, 0.15) is 70.2 Å². The lowest BCUT2D eigenvalue weighted by molar-refractivity contribution is -0.132. The van der Waals surface area contributed by atoms with Crippen LogP contribution in [0.2, 0.25) is 0 Å². The number of benzene rings is 1. The molecule has 2 bridgehead atoms. The van der Waals surface area contributed by atoms with Crippen LogP contribution in [0.5, 0.6) is 0 Å². The van der Waals surface area contributed by atoms with Crippen molar-refractivity contribution in [1.82, 2.24) is 9.80 Å². The summed E-state index contributed by atoms with van der Waals surface area (Å²) in [6, 6.07) is 7.62. The van der Waals surface area contributed by atoms with E-state index < -0.39 is 0 Å². The fourth-order valence-corrected chi connectivity index (χ4v) is 6.26. The Bertz CT molecular complexity index is 871. The van der Waals surface area contributed by atoms with E-state index >= 15 is 0 Å². The third-order valence-corrected chi connectivity index (χ3v) is 7.39. The van der Waals surface area contributed by atoms with Crippen LogP contribution in [-0.2, 0) is 9.59 Å². The van der Waals surface area contributed by atoms with E-state index in [2.05, 4.69) is 31.0 Å². The van der Waals surface area contributed by atoms with E-state index in [0.717, 1.165) is 25.8 Å². The summed E-state index contributed by atoms with van der Waals surface area (Å²) in [4.78, 5) is 41.1. The topological polar surface area (TPSA) is 69.7 Å². The van der Waals surface area contributed by atoms with Crippen molar-refractivity contribution in [3.63, 3.8) is 0 Å². The molecular weight excluding hydrogens is 390 g/mol. The summed E-state index contributed by atoms with van der Waals surface area (Å²) < 4.78 is 0. The molecule has 1 saturated carbocycles. The van der Waals surface area contributed by atoms with E-state index in [4.69, 9.17) is 0 Å². The van der Waals surface area contributed by atoms with Crippen LogP contribution >= 0.6 is 0 Å². The molecule has 31 heavy (non-hydrogen) atoms. The Morgan fingerprint density at radius 3 is 2.26 bits per heavy atom. The number of anilines is 1. The Balaban J connectivity index is 1.36. The van der Waals surface area contributed by atoms with Crippen LogP contribution in [0.15, 0.2) is 24.3 Å². The number of likely N-dealkylation sites (tertiary alicyclic amines) is 2. The van der Waals surface area contributed by atoms with Crippen LogP contribution in [0, 0.1) is 16.7 Å². The van der Waals surface area contributed by atoms with Crippen LogP contribution in [-0.4, -0.2) is 53.2 Å². The largest absolute Gasteiger partial charge is 0.343 e. The van der Waals surface area contributed by atoms with Gasteiger partial charge in [0.1, 0.15) is 0 Å². The molecule has 4 rings (SSSR count). The molecular formula is C25H35N3O3. The summed E-state index contributed by atoms with van der Waals surface area (Å²) >= 11 is 0. The van der Waals surface area contributed by atoms with Gasteiger partial charge < -0.3 is 15.1 Å². The molecule has 0 spiro atoms. The number of rotatable bonds is 3. The van der Waals surface area contributed by atoms with E-state index in [1.165, 1.54) is 0 Å². The van der Waals surface area contributed by atoms with Crippen LogP contribution in [0.25, 0.3) is 0 Å². The molecule has 0 radical (unpaired) electrons. The third-order valence-electron chi connectivity index (χ3n) is 7.39. The van der Waals surface area contributed by atoms with E-state index in [1.807, 2.05) is 24.3 Å². The number of hydrogen-bond donors (Lipinski definition) is 1. The van der Waals surface area contributed by atoms with Crippen LogP contribution in [0.3, 0.4) is 0 Å². The summed E-state index contributed by atoms with van der Waals surface area (Å²) in [7, 11) is 0. The minimum atomic E-state index is -0.0788. The molecule has 3 fully saturated rings. The average molecular weight is 426 g/mol. The first-order valence-corrected chi connectivity index (χ1v) is 11.5. The number of amides is 3. The molecule has 1 N–H and O–H groups in total. The Morgan fingerprint density at radius 1 is 1.00 bits per heavy atom. The van der Waals surface area contributed by atoms with Gasteiger partial charge in [-0.05, 0) is 67.2 Å². The maximum Gasteiger partial charge on any atom is 0.254 e. The highest BCUT2D eigenvalue weighted by atomic mass is 16.2. The standard InChI is InChI=1S/C25H35N3O3/c1-17(29)27-11-9-18(10-12-27)22(30)26-20-7-5-19(6-8-20)23(31)28-16-25(4)14-21(28)13-24(2,3)15-25/h5-8,18,21H,9-16H2,1-4H3,(H,26,30). The second-order valence-corrected chi connectivity index (χ2v) is 11.0. The molecule has 1 aromatic carbocycles. The number of nitrogens with one attached hydrogen (secondary N) is 1. The molecule has 2 heterocycles. The molecule has 6 heteroatoms. The number of carbonyl (C=O) groups excluding carboxylic acids is 3. The van der Waals surface area contributed by atoms with Gasteiger partial charge in [0.2, 0.25) is 11.8 Å². The molecule has 2 unspecified atom stereocenters. The first-order valence-electron chi connectivity index (χ1n) is 11.5. The zero-order valence-electron chi connectivity index (χ0n) is 19.2. The number of carbonyl (C=O) groups is 3. The highest BCUT2D eigenvalue weighted by Gasteiger charge is 2.51. The van der Waals surface area contributed by atoms with E-state index in [1.54, 1.807) is 11.8 Å². The maximum absolute atomic E-state index is 13.2. The lowest BCUT2D eigenvalue weighted by Crippen LogP contribution is -2.40. The van der Waals surface area contributed by atoms with Gasteiger partial charge in [-0.25, -0.2) is 0 Å². The van der Waals surface area contributed by atoms with Crippen LogP contribution < -0.4 is 5.32 Å². The zero-order chi connectivity index (χ0) is 22.4. The molecule has 168 valence electrons. The molecule has 1 aromatic rings. The van der Waals surface area contributed by atoms with Gasteiger partial charge in [0, 0.05) is 49.8 Å². The molecule has 2 aliphatic heterocycles. The Hall–Kier alpha value is -2.37. The highest BCUT2D eigenvalue weighted by molar-refractivity contribution is 5.96. The van der Waals surface area contributed by atoms with Crippen molar-refractivity contribution >= 4 is 23.4 Å². The van der Waals surface area contributed by atoms with E-state index in [9.17, 15) is 14.4 Å². The van der Waals surface area contributed by atoms with Gasteiger partial charge in [0.15, 0.2) is 0 Å². The van der Waals surface area contributed by atoms with E-state index in [0.29, 0.717) is 43.2 Å². The van der Waals surface area contributed by atoms with Gasteiger partial charge in [-0.15, -0.1) is 0 Å². The Morgan fingerprint density at radius 2 is 1.65 bits per heavy atom. The lowest BCUT2D eigenvalue weighted by Gasteiger charge is -2.39. The molecule has 3 aliphatic rings. The second-order valence-electron chi connectivity index (χ2n) is 11.0. The lowest BCUT2D eigenvalue weighted by atomic mass is 9.65. The fourth-order valence-electron chi connectivity index (χ4n) is 6.26. The molecule has 2 atom stereocenters.